The Bertz CT molecular complexity index is 1390. The van der Waals surface area contributed by atoms with Gasteiger partial charge in [-0.05, 0) is 48.9 Å². The molecule has 0 aliphatic carbocycles. The van der Waals surface area contributed by atoms with E-state index in [2.05, 4.69) is 0 Å². The molecule has 10 heteroatoms. The maximum Gasteiger partial charge on any atom is 0.300 e. The SMILES string of the molecule is CCOc1ccc(C2/C(=C(\O)c3cc(Cl)cc(Cl)c3OC)C(=O)C(=O)N2c2ccc(F)c(F)c2)cc1. The number of carbonyl (C=O) groups is 2. The third kappa shape index (κ3) is 4.50. The lowest BCUT2D eigenvalue weighted by atomic mass is 9.94. The number of ketones is 1. The number of hydrogen-bond donors (Lipinski definition) is 1. The number of nitrogens with zero attached hydrogens (tertiary/aromatic N) is 1. The third-order valence-electron chi connectivity index (χ3n) is 5.60. The van der Waals surface area contributed by atoms with Crippen molar-refractivity contribution in [1.82, 2.24) is 0 Å². The Hall–Kier alpha value is -3.62. The monoisotopic (exact) mass is 533 g/mol. The standard InChI is InChI=1S/C26H19Cl2F2NO5/c1-3-36-16-7-4-13(5-8-16)22-21(23(32)17-10-14(27)11-18(28)25(17)35-2)24(33)26(34)31(22)15-6-9-19(29)20(30)12-15/h4-12,22,32H,3H2,1-2H3/b23-21+. The topological polar surface area (TPSA) is 76.1 Å². The van der Waals surface area contributed by atoms with E-state index in [1.54, 1.807) is 24.3 Å². The Kier molecular flexibility index (Phi) is 7.19. The maximum atomic E-state index is 14.1. The van der Waals surface area contributed by atoms with E-state index in [1.165, 1.54) is 25.3 Å². The van der Waals surface area contributed by atoms with Gasteiger partial charge in [-0.2, -0.15) is 0 Å². The lowest BCUT2D eigenvalue weighted by molar-refractivity contribution is -0.132. The number of anilines is 1. The summed E-state index contributed by atoms with van der Waals surface area (Å²) < 4.78 is 38.5. The zero-order valence-corrected chi connectivity index (χ0v) is 20.5. The number of rotatable bonds is 6. The van der Waals surface area contributed by atoms with Crippen LogP contribution in [0.5, 0.6) is 11.5 Å². The van der Waals surface area contributed by atoms with Crippen LogP contribution in [0.15, 0.2) is 60.2 Å². The van der Waals surface area contributed by atoms with Crippen LogP contribution < -0.4 is 14.4 Å². The Labute approximate surface area is 215 Å². The molecule has 0 saturated carbocycles. The molecule has 0 radical (unpaired) electrons. The van der Waals surface area contributed by atoms with Crippen LogP contribution in [0, 0.1) is 11.6 Å². The molecule has 3 aromatic rings. The number of halogens is 4. The highest BCUT2D eigenvalue weighted by molar-refractivity contribution is 6.51. The molecule has 1 aliphatic rings. The predicted molar refractivity (Wildman–Crippen MR) is 132 cm³/mol. The molecule has 6 nitrogen and oxygen atoms in total. The van der Waals surface area contributed by atoms with Crippen LogP contribution in [0.1, 0.15) is 24.1 Å². The summed E-state index contributed by atoms with van der Waals surface area (Å²) in [5, 5.41) is 11.5. The maximum absolute atomic E-state index is 14.1. The highest BCUT2D eigenvalue weighted by Crippen LogP contribution is 2.45. The molecule has 4 rings (SSSR count). The summed E-state index contributed by atoms with van der Waals surface area (Å²) in [6, 6.07) is 10.8. The quantitative estimate of drug-likeness (QED) is 0.228. The van der Waals surface area contributed by atoms with Crippen LogP contribution in [-0.2, 0) is 9.59 Å². The highest BCUT2D eigenvalue weighted by atomic mass is 35.5. The number of Topliss-reactive ketones (excluding diaryl/α,β-unsaturated/α-hetero) is 1. The van der Waals surface area contributed by atoms with Gasteiger partial charge in [0.15, 0.2) is 11.6 Å². The fourth-order valence-electron chi connectivity index (χ4n) is 4.05. The van der Waals surface area contributed by atoms with Crippen molar-refractivity contribution in [3.63, 3.8) is 0 Å². The molecule has 1 N–H and O–H groups in total. The summed E-state index contributed by atoms with van der Waals surface area (Å²) in [6.45, 7) is 2.23. The molecule has 0 aromatic heterocycles. The van der Waals surface area contributed by atoms with Crippen molar-refractivity contribution >= 4 is 46.3 Å². The van der Waals surface area contributed by atoms with E-state index in [-0.39, 0.29) is 32.6 Å². The number of amides is 1. The van der Waals surface area contributed by atoms with Gasteiger partial charge in [0.25, 0.3) is 11.7 Å². The Balaban J connectivity index is 1.98. The molecule has 1 amide bonds. The average molecular weight is 534 g/mol. The van der Waals surface area contributed by atoms with E-state index < -0.39 is 35.1 Å². The first kappa shape index (κ1) is 25.5. The van der Waals surface area contributed by atoms with Gasteiger partial charge in [0, 0.05) is 16.8 Å². The minimum absolute atomic E-state index is 0.0192. The van der Waals surface area contributed by atoms with Crippen LogP contribution >= 0.6 is 23.2 Å². The first-order chi connectivity index (χ1) is 17.2. The minimum atomic E-state index is -1.21. The predicted octanol–water partition coefficient (Wildman–Crippen LogP) is 6.31. The van der Waals surface area contributed by atoms with E-state index >= 15 is 0 Å². The van der Waals surface area contributed by atoms with E-state index in [0.717, 1.165) is 17.0 Å². The molecule has 1 atom stereocenters. The average Bonchev–Trinajstić information content (AvgIpc) is 3.11. The molecule has 1 aliphatic heterocycles. The summed E-state index contributed by atoms with van der Waals surface area (Å²) in [5.41, 5.74) is -0.0131. The van der Waals surface area contributed by atoms with Crippen LogP contribution in [0.25, 0.3) is 5.76 Å². The fourth-order valence-corrected chi connectivity index (χ4v) is 4.62. The smallest absolute Gasteiger partial charge is 0.300 e. The Morgan fingerprint density at radius 3 is 2.33 bits per heavy atom. The zero-order chi connectivity index (χ0) is 26.1. The van der Waals surface area contributed by atoms with E-state index in [0.29, 0.717) is 17.9 Å². The fraction of sp³-hybridized carbons (Fsp3) is 0.154. The molecular formula is C26H19Cl2F2NO5. The van der Waals surface area contributed by atoms with Crippen molar-refractivity contribution in [1.29, 1.82) is 0 Å². The van der Waals surface area contributed by atoms with Gasteiger partial charge in [-0.15, -0.1) is 0 Å². The normalized spacial score (nSPS) is 16.9. The second-order valence-corrected chi connectivity index (χ2v) is 8.58. The van der Waals surface area contributed by atoms with Gasteiger partial charge in [-0.3, -0.25) is 14.5 Å². The summed E-state index contributed by atoms with van der Waals surface area (Å²) in [5.74, 6) is -4.45. The number of methoxy groups -OCH3 is 1. The number of hydrogen-bond acceptors (Lipinski definition) is 5. The van der Waals surface area contributed by atoms with Gasteiger partial charge < -0.3 is 14.6 Å². The summed E-state index contributed by atoms with van der Waals surface area (Å²) in [4.78, 5) is 27.5. The number of aliphatic hydroxyl groups excluding tert-OH is 1. The first-order valence-corrected chi connectivity index (χ1v) is 11.5. The molecule has 0 bridgehead atoms. The highest BCUT2D eigenvalue weighted by Gasteiger charge is 2.47. The summed E-state index contributed by atoms with van der Waals surface area (Å²) >= 11 is 12.3. The van der Waals surface area contributed by atoms with Gasteiger partial charge >= 0.3 is 0 Å². The summed E-state index contributed by atoms with van der Waals surface area (Å²) in [7, 11) is 1.32. The van der Waals surface area contributed by atoms with Gasteiger partial charge in [-0.1, -0.05) is 35.3 Å². The lowest BCUT2D eigenvalue weighted by Crippen LogP contribution is -2.29. The number of carbonyl (C=O) groups excluding carboxylic acids is 2. The molecule has 1 fully saturated rings. The first-order valence-electron chi connectivity index (χ1n) is 10.7. The molecule has 36 heavy (non-hydrogen) atoms. The van der Waals surface area contributed by atoms with Crippen molar-refractivity contribution in [2.75, 3.05) is 18.6 Å². The van der Waals surface area contributed by atoms with Gasteiger partial charge in [0.2, 0.25) is 0 Å². The number of aliphatic hydroxyl groups is 1. The van der Waals surface area contributed by atoms with Crippen LogP contribution in [0.3, 0.4) is 0 Å². The van der Waals surface area contributed by atoms with Crippen molar-refractivity contribution in [2.24, 2.45) is 0 Å². The molecule has 186 valence electrons. The molecule has 1 saturated heterocycles. The van der Waals surface area contributed by atoms with Crippen molar-refractivity contribution in [2.45, 2.75) is 13.0 Å². The van der Waals surface area contributed by atoms with Gasteiger partial charge in [0.05, 0.1) is 35.9 Å². The third-order valence-corrected chi connectivity index (χ3v) is 6.10. The Morgan fingerprint density at radius 2 is 1.72 bits per heavy atom. The van der Waals surface area contributed by atoms with E-state index in [4.69, 9.17) is 32.7 Å². The van der Waals surface area contributed by atoms with E-state index in [9.17, 15) is 23.5 Å². The summed E-state index contributed by atoms with van der Waals surface area (Å²) in [6.07, 6.45) is 0. The van der Waals surface area contributed by atoms with Crippen LogP contribution in [-0.4, -0.2) is 30.5 Å². The van der Waals surface area contributed by atoms with Crippen molar-refractivity contribution in [3.05, 3.63) is 93.0 Å². The van der Waals surface area contributed by atoms with Gasteiger partial charge in [0.1, 0.15) is 17.3 Å². The van der Waals surface area contributed by atoms with Gasteiger partial charge in [-0.25, -0.2) is 8.78 Å². The minimum Gasteiger partial charge on any atom is -0.507 e. The molecule has 0 spiro atoms. The van der Waals surface area contributed by atoms with Crippen LogP contribution in [0.4, 0.5) is 14.5 Å². The van der Waals surface area contributed by atoms with E-state index in [1.807, 2.05) is 6.92 Å². The van der Waals surface area contributed by atoms with Crippen LogP contribution in [0.2, 0.25) is 10.0 Å². The lowest BCUT2D eigenvalue weighted by Gasteiger charge is -2.26. The van der Waals surface area contributed by atoms with Crippen molar-refractivity contribution < 1.29 is 33.0 Å². The number of ether oxygens (including phenoxy) is 2. The second kappa shape index (κ2) is 10.2. The molecule has 1 unspecified atom stereocenters. The molecular weight excluding hydrogens is 515 g/mol. The molecule has 1 heterocycles. The Morgan fingerprint density at radius 1 is 1.03 bits per heavy atom. The zero-order valence-electron chi connectivity index (χ0n) is 19.0. The molecule has 3 aromatic carbocycles. The largest absolute Gasteiger partial charge is 0.507 e. The number of benzene rings is 3. The van der Waals surface area contributed by atoms with Crippen molar-refractivity contribution in [3.8, 4) is 11.5 Å². The second-order valence-electron chi connectivity index (χ2n) is 7.74.